The minimum atomic E-state index is 0.404. The largest absolute Gasteiger partial charge is 0.383 e. The fraction of sp³-hybridized carbons (Fsp3) is 0.375. The summed E-state index contributed by atoms with van der Waals surface area (Å²) in [6.07, 6.45) is 2.58. The Balaban J connectivity index is 1.98. The van der Waals surface area contributed by atoms with Crippen LogP contribution in [0.15, 0.2) is 24.3 Å². The van der Waals surface area contributed by atoms with Crippen LogP contribution < -0.4 is 5.73 Å². The molecule has 1 aromatic heterocycles. The van der Waals surface area contributed by atoms with Crippen molar-refractivity contribution < 1.29 is 0 Å². The second-order valence-electron chi connectivity index (χ2n) is 5.78. The number of rotatable bonds is 2. The maximum Gasteiger partial charge on any atom is 0.161 e. The highest BCUT2D eigenvalue weighted by Crippen LogP contribution is 2.47. The lowest BCUT2D eigenvalue weighted by Crippen LogP contribution is -2.03. The molecule has 0 saturated heterocycles. The molecule has 1 aliphatic carbocycles. The Morgan fingerprint density at radius 2 is 1.68 bits per heavy atom. The van der Waals surface area contributed by atoms with E-state index in [0.29, 0.717) is 17.1 Å². The molecule has 1 saturated carbocycles. The Morgan fingerprint density at radius 1 is 1.05 bits per heavy atom. The number of aryl methyl sites for hydroxylation is 1. The van der Waals surface area contributed by atoms with Gasteiger partial charge in [0, 0.05) is 16.8 Å². The first-order valence-corrected chi connectivity index (χ1v) is 6.71. The van der Waals surface area contributed by atoms with E-state index >= 15 is 0 Å². The number of benzene rings is 1. The average molecular weight is 253 g/mol. The van der Waals surface area contributed by atoms with Gasteiger partial charge < -0.3 is 5.73 Å². The summed E-state index contributed by atoms with van der Waals surface area (Å²) in [5, 5.41) is 0. The van der Waals surface area contributed by atoms with E-state index in [-0.39, 0.29) is 0 Å². The molecule has 98 valence electrons. The Morgan fingerprint density at radius 3 is 2.21 bits per heavy atom. The Kier molecular flexibility index (Phi) is 2.59. The van der Waals surface area contributed by atoms with Crippen molar-refractivity contribution in [3.8, 4) is 11.4 Å². The van der Waals surface area contributed by atoms with Crippen LogP contribution in [0.2, 0.25) is 0 Å². The zero-order chi connectivity index (χ0) is 13.6. The predicted octanol–water partition coefficient (Wildman–Crippen LogP) is 3.39. The van der Waals surface area contributed by atoms with Crippen LogP contribution in [-0.2, 0) is 5.41 Å². The molecule has 0 atom stereocenters. The molecule has 1 fully saturated rings. The second-order valence-corrected chi connectivity index (χ2v) is 5.78. The van der Waals surface area contributed by atoms with Crippen molar-refractivity contribution in [2.75, 3.05) is 5.73 Å². The minimum Gasteiger partial charge on any atom is -0.383 e. The number of hydrogen-bond acceptors (Lipinski definition) is 3. The fourth-order valence-electron chi connectivity index (χ4n) is 2.28. The molecule has 1 aromatic carbocycles. The molecule has 0 bridgehead atoms. The standard InChI is InChI=1S/C16H19N3/c1-10-11(2)18-15(19-14(10)17)12-4-6-13(7-5-12)16(3)8-9-16/h4-7H,8-9H2,1-3H3,(H2,17,18,19). The molecule has 2 aromatic rings. The molecule has 3 nitrogen and oxygen atoms in total. The van der Waals surface area contributed by atoms with Gasteiger partial charge in [0.1, 0.15) is 5.82 Å². The molecule has 19 heavy (non-hydrogen) atoms. The normalized spacial score (nSPS) is 16.4. The lowest BCUT2D eigenvalue weighted by molar-refractivity contribution is 0.788. The molecule has 3 rings (SSSR count). The average Bonchev–Trinajstić information content (AvgIpc) is 3.15. The van der Waals surface area contributed by atoms with Gasteiger partial charge in [-0.15, -0.1) is 0 Å². The van der Waals surface area contributed by atoms with E-state index in [2.05, 4.69) is 41.2 Å². The summed E-state index contributed by atoms with van der Waals surface area (Å²) in [6, 6.07) is 8.58. The smallest absolute Gasteiger partial charge is 0.161 e. The number of nitrogen functional groups attached to an aromatic ring is 1. The van der Waals surface area contributed by atoms with Gasteiger partial charge in [-0.2, -0.15) is 0 Å². The molecular weight excluding hydrogens is 234 g/mol. The van der Waals surface area contributed by atoms with Crippen molar-refractivity contribution in [3.05, 3.63) is 41.1 Å². The van der Waals surface area contributed by atoms with E-state index in [4.69, 9.17) is 5.73 Å². The van der Waals surface area contributed by atoms with Gasteiger partial charge in [-0.1, -0.05) is 31.2 Å². The molecule has 0 amide bonds. The number of anilines is 1. The van der Waals surface area contributed by atoms with Crippen molar-refractivity contribution in [2.45, 2.75) is 39.0 Å². The molecule has 0 aliphatic heterocycles. The van der Waals surface area contributed by atoms with Crippen molar-refractivity contribution in [1.82, 2.24) is 9.97 Å². The van der Waals surface area contributed by atoms with Crippen LogP contribution in [0.4, 0.5) is 5.82 Å². The van der Waals surface area contributed by atoms with E-state index in [1.54, 1.807) is 0 Å². The summed E-state index contributed by atoms with van der Waals surface area (Å²) in [7, 11) is 0. The topological polar surface area (TPSA) is 51.8 Å². The van der Waals surface area contributed by atoms with Crippen LogP contribution in [0, 0.1) is 13.8 Å². The van der Waals surface area contributed by atoms with Gasteiger partial charge in [0.15, 0.2) is 5.82 Å². The summed E-state index contributed by atoms with van der Waals surface area (Å²) in [5.74, 6) is 1.29. The van der Waals surface area contributed by atoms with Crippen LogP contribution in [0.25, 0.3) is 11.4 Å². The predicted molar refractivity (Wildman–Crippen MR) is 77.9 cm³/mol. The maximum atomic E-state index is 5.92. The van der Waals surface area contributed by atoms with Crippen LogP contribution in [-0.4, -0.2) is 9.97 Å². The van der Waals surface area contributed by atoms with Gasteiger partial charge in [-0.3, -0.25) is 0 Å². The van der Waals surface area contributed by atoms with Crippen molar-refractivity contribution in [3.63, 3.8) is 0 Å². The van der Waals surface area contributed by atoms with Gasteiger partial charge in [-0.25, -0.2) is 9.97 Å². The van der Waals surface area contributed by atoms with Gasteiger partial charge >= 0.3 is 0 Å². The summed E-state index contributed by atoms with van der Waals surface area (Å²) in [5.41, 5.74) is 10.7. The first-order valence-electron chi connectivity index (χ1n) is 6.71. The van der Waals surface area contributed by atoms with Gasteiger partial charge in [0.05, 0.1) is 0 Å². The lowest BCUT2D eigenvalue weighted by atomic mass is 9.97. The Bertz CT molecular complexity index is 602. The monoisotopic (exact) mass is 253 g/mol. The van der Waals surface area contributed by atoms with E-state index in [0.717, 1.165) is 16.8 Å². The molecule has 1 aliphatic rings. The van der Waals surface area contributed by atoms with Crippen molar-refractivity contribution >= 4 is 5.82 Å². The Hall–Kier alpha value is -1.90. The first kappa shape index (κ1) is 12.2. The molecule has 2 N–H and O–H groups in total. The number of nitrogens with zero attached hydrogens (tertiary/aromatic N) is 2. The third-order valence-electron chi connectivity index (χ3n) is 4.27. The van der Waals surface area contributed by atoms with Crippen molar-refractivity contribution in [1.29, 1.82) is 0 Å². The highest BCUT2D eigenvalue weighted by Gasteiger charge is 2.38. The first-order chi connectivity index (χ1) is 8.99. The third kappa shape index (κ3) is 2.09. The van der Waals surface area contributed by atoms with Crippen LogP contribution >= 0.6 is 0 Å². The second kappa shape index (κ2) is 4.05. The van der Waals surface area contributed by atoms with Gasteiger partial charge in [-0.05, 0) is 37.7 Å². The molecule has 3 heteroatoms. The number of hydrogen-bond donors (Lipinski definition) is 1. The quantitative estimate of drug-likeness (QED) is 0.892. The zero-order valence-corrected chi connectivity index (χ0v) is 11.7. The van der Waals surface area contributed by atoms with Crippen LogP contribution in [0.1, 0.15) is 36.6 Å². The van der Waals surface area contributed by atoms with E-state index in [9.17, 15) is 0 Å². The minimum absolute atomic E-state index is 0.404. The van der Waals surface area contributed by atoms with E-state index in [1.807, 2.05) is 13.8 Å². The van der Waals surface area contributed by atoms with Gasteiger partial charge in [0.2, 0.25) is 0 Å². The van der Waals surface area contributed by atoms with E-state index in [1.165, 1.54) is 18.4 Å². The van der Waals surface area contributed by atoms with Crippen molar-refractivity contribution in [2.24, 2.45) is 0 Å². The summed E-state index contributed by atoms with van der Waals surface area (Å²) in [6.45, 7) is 6.23. The summed E-state index contributed by atoms with van der Waals surface area (Å²) >= 11 is 0. The highest BCUT2D eigenvalue weighted by molar-refractivity contribution is 5.59. The summed E-state index contributed by atoms with van der Waals surface area (Å²) < 4.78 is 0. The van der Waals surface area contributed by atoms with Crippen LogP contribution in [0.3, 0.4) is 0 Å². The Labute approximate surface area is 113 Å². The fourth-order valence-corrected chi connectivity index (χ4v) is 2.28. The number of nitrogens with two attached hydrogens (primary N) is 1. The molecular formula is C16H19N3. The molecule has 0 unspecified atom stereocenters. The number of aromatic nitrogens is 2. The lowest BCUT2D eigenvalue weighted by Gasteiger charge is -2.10. The summed E-state index contributed by atoms with van der Waals surface area (Å²) in [4.78, 5) is 8.90. The molecule has 1 heterocycles. The highest BCUT2D eigenvalue weighted by atomic mass is 15.0. The van der Waals surface area contributed by atoms with Gasteiger partial charge in [0.25, 0.3) is 0 Å². The maximum absolute atomic E-state index is 5.92. The third-order valence-corrected chi connectivity index (χ3v) is 4.27. The molecule has 0 radical (unpaired) electrons. The SMILES string of the molecule is Cc1nc(-c2ccc(C3(C)CC3)cc2)nc(N)c1C. The molecule has 0 spiro atoms. The van der Waals surface area contributed by atoms with E-state index < -0.39 is 0 Å². The zero-order valence-electron chi connectivity index (χ0n) is 11.7. The van der Waals surface area contributed by atoms with Crippen LogP contribution in [0.5, 0.6) is 0 Å².